The molecule has 2 fully saturated rings. The number of carbonyl (C=O) groups excluding carboxylic acids is 1. The molecule has 2 aliphatic heterocycles. The van der Waals surface area contributed by atoms with Gasteiger partial charge in [0.2, 0.25) is 0 Å². The smallest absolute Gasteiger partial charge is 0.309 e. The van der Waals surface area contributed by atoms with Crippen LogP contribution in [0.4, 0.5) is 0 Å². The molecule has 2 saturated heterocycles. The molecular weight excluding hydrogens is 296 g/mol. The maximum Gasteiger partial charge on any atom is 0.309 e. The van der Waals surface area contributed by atoms with E-state index in [1.807, 2.05) is 24.3 Å². The Balaban J connectivity index is 1.75. The second-order valence-corrected chi connectivity index (χ2v) is 6.37. The Hall–Kier alpha value is -1.88. The summed E-state index contributed by atoms with van der Waals surface area (Å²) in [6.45, 7) is 0. The summed E-state index contributed by atoms with van der Waals surface area (Å²) in [5, 5.41) is 9.52. The number of hydrogen-bond donors (Lipinski definition) is 1. The molecule has 5 nitrogen and oxygen atoms in total. The minimum Gasteiger partial charge on any atom is -0.481 e. The molecule has 23 heavy (non-hydrogen) atoms. The van der Waals surface area contributed by atoms with E-state index >= 15 is 0 Å². The predicted octanol–water partition coefficient (Wildman–Crippen LogP) is 2.21. The van der Waals surface area contributed by atoms with Gasteiger partial charge in [0.25, 0.3) is 0 Å². The molecule has 0 saturated carbocycles. The van der Waals surface area contributed by atoms with E-state index in [1.165, 1.54) is 7.11 Å². The summed E-state index contributed by atoms with van der Waals surface area (Å²) in [7, 11) is 1.39. The van der Waals surface area contributed by atoms with Crippen molar-refractivity contribution in [2.45, 2.75) is 44.3 Å². The number of aliphatic carboxylic acids is 1. The van der Waals surface area contributed by atoms with Gasteiger partial charge in [0.1, 0.15) is 0 Å². The fraction of sp³-hybridized carbons (Fsp3) is 0.556. The number of esters is 1. The second kappa shape index (κ2) is 6.71. The normalized spacial score (nSPS) is 28.7. The molecule has 5 heteroatoms. The van der Waals surface area contributed by atoms with Crippen molar-refractivity contribution in [2.75, 3.05) is 7.11 Å². The third kappa shape index (κ3) is 3.24. The van der Waals surface area contributed by atoms with Crippen LogP contribution in [0.15, 0.2) is 24.3 Å². The van der Waals surface area contributed by atoms with Gasteiger partial charge in [-0.3, -0.25) is 9.59 Å². The standard InChI is InChI=1S/C18H22O5/c1-22-16(19)9-6-11-4-2-3-5-12(11)10-13-14-7-8-15(23-14)17(13)18(20)21/h2-5,13-15,17H,6-10H2,1H3,(H,20,21)/t13?,14-,15?,17?/m0/s1. The number of carbonyl (C=O) groups is 2. The van der Waals surface area contributed by atoms with E-state index in [0.29, 0.717) is 19.3 Å². The number of rotatable bonds is 6. The Morgan fingerprint density at radius 1 is 1.22 bits per heavy atom. The molecule has 1 aromatic carbocycles. The fourth-order valence-corrected chi connectivity index (χ4v) is 3.97. The molecule has 0 aliphatic carbocycles. The Bertz CT molecular complexity index is 597. The fourth-order valence-electron chi connectivity index (χ4n) is 3.97. The highest BCUT2D eigenvalue weighted by Crippen LogP contribution is 2.45. The molecule has 0 aromatic heterocycles. The molecule has 0 spiro atoms. The van der Waals surface area contributed by atoms with Crippen molar-refractivity contribution < 1.29 is 24.2 Å². The van der Waals surface area contributed by atoms with E-state index in [-0.39, 0.29) is 24.1 Å². The van der Waals surface area contributed by atoms with Crippen molar-refractivity contribution in [3.8, 4) is 0 Å². The van der Waals surface area contributed by atoms with E-state index in [0.717, 1.165) is 24.0 Å². The van der Waals surface area contributed by atoms with Crippen molar-refractivity contribution in [3.63, 3.8) is 0 Å². The van der Waals surface area contributed by atoms with E-state index in [4.69, 9.17) is 9.47 Å². The first-order valence-corrected chi connectivity index (χ1v) is 8.12. The van der Waals surface area contributed by atoms with Gasteiger partial charge < -0.3 is 14.6 Å². The maximum absolute atomic E-state index is 11.6. The van der Waals surface area contributed by atoms with Gasteiger partial charge in [-0.1, -0.05) is 24.3 Å². The molecule has 1 aromatic rings. The van der Waals surface area contributed by atoms with Crippen LogP contribution in [0.5, 0.6) is 0 Å². The lowest BCUT2D eigenvalue weighted by Crippen LogP contribution is -2.34. The molecule has 3 rings (SSSR count). The molecule has 4 atom stereocenters. The summed E-state index contributed by atoms with van der Waals surface area (Å²) < 4.78 is 10.5. The minimum atomic E-state index is -0.755. The van der Waals surface area contributed by atoms with E-state index in [2.05, 4.69) is 0 Å². The van der Waals surface area contributed by atoms with Crippen LogP contribution >= 0.6 is 0 Å². The molecule has 124 valence electrons. The van der Waals surface area contributed by atoms with Crippen molar-refractivity contribution in [1.29, 1.82) is 0 Å². The Morgan fingerprint density at radius 2 is 1.91 bits per heavy atom. The molecule has 1 N–H and O–H groups in total. The first-order valence-electron chi connectivity index (χ1n) is 8.12. The highest BCUT2D eigenvalue weighted by molar-refractivity contribution is 5.72. The second-order valence-electron chi connectivity index (χ2n) is 6.37. The SMILES string of the molecule is COC(=O)CCc1ccccc1CC1C(C(=O)O)C2CC[C@@H]1O2. The van der Waals surface area contributed by atoms with Gasteiger partial charge in [-0.05, 0) is 36.8 Å². The number of carboxylic acids is 1. The summed E-state index contributed by atoms with van der Waals surface area (Å²) in [5.41, 5.74) is 2.20. The number of benzene rings is 1. The lowest BCUT2D eigenvalue weighted by Gasteiger charge is -2.25. The summed E-state index contributed by atoms with van der Waals surface area (Å²) in [6.07, 6.45) is 3.35. The number of fused-ring (bicyclic) bond motifs is 2. The monoisotopic (exact) mass is 318 g/mol. The van der Waals surface area contributed by atoms with Gasteiger partial charge in [0.15, 0.2) is 0 Å². The van der Waals surface area contributed by atoms with Crippen LogP contribution in [0, 0.1) is 11.8 Å². The third-order valence-electron chi connectivity index (χ3n) is 5.11. The van der Waals surface area contributed by atoms with E-state index in [9.17, 15) is 14.7 Å². The zero-order valence-corrected chi connectivity index (χ0v) is 13.2. The molecule has 3 unspecified atom stereocenters. The molecular formula is C18H22O5. The van der Waals surface area contributed by atoms with Gasteiger partial charge >= 0.3 is 11.9 Å². The van der Waals surface area contributed by atoms with Gasteiger partial charge in [-0.15, -0.1) is 0 Å². The van der Waals surface area contributed by atoms with E-state index < -0.39 is 11.9 Å². The van der Waals surface area contributed by atoms with Crippen LogP contribution in [-0.4, -0.2) is 36.4 Å². The summed E-state index contributed by atoms with van der Waals surface area (Å²) >= 11 is 0. The predicted molar refractivity (Wildman–Crippen MR) is 83.0 cm³/mol. The number of ether oxygens (including phenoxy) is 2. The highest BCUT2D eigenvalue weighted by atomic mass is 16.5. The minimum absolute atomic E-state index is 0.0190. The Kier molecular flexibility index (Phi) is 4.66. The van der Waals surface area contributed by atoms with Crippen LogP contribution in [-0.2, 0) is 31.9 Å². The van der Waals surface area contributed by atoms with Crippen molar-refractivity contribution in [1.82, 2.24) is 0 Å². The van der Waals surface area contributed by atoms with Crippen molar-refractivity contribution >= 4 is 11.9 Å². The quantitative estimate of drug-likeness (QED) is 0.814. The summed E-state index contributed by atoms with van der Waals surface area (Å²) in [4.78, 5) is 23.0. The molecule has 0 radical (unpaired) electrons. The van der Waals surface area contributed by atoms with Crippen LogP contribution in [0.3, 0.4) is 0 Å². The van der Waals surface area contributed by atoms with Crippen LogP contribution in [0.1, 0.15) is 30.4 Å². The topological polar surface area (TPSA) is 72.8 Å². The number of carboxylic acid groups (broad SMARTS) is 1. The van der Waals surface area contributed by atoms with Gasteiger partial charge in [-0.25, -0.2) is 0 Å². The molecule has 2 bridgehead atoms. The van der Waals surface area contributed by atoms with Gasteiger partial charge in [-0.2, -0.15) is 0 Å². The first kappa shape index (κ1) is 16.0. The third-order valence-corrected chi connectivity index (χ3v) is 5.11. The zero-order valence-electron chi connectivity index (χ0n) is 13.2. The average molecular weight is 318 g/mol. The average Bonchev–Trinajstić information content (AvgIpc) is 3.14. The van der Waals surface area contributed by atoms with Crippen LogP contribution in [0.2, 0.25) is 0 Å². The zero-order chi connectivity index (χ0) is 16.4. The lowest BCUT2D eigenvalue weighted by molar-refractivity contribution is -0.145. The van der Waals surface area contributed by atoms with Crippen molar-refractivity contribution in [2.24, 2.45) is 11.8 Å². The molecule has 2 aliphatic rings. The Labute approximate surface area is 135 Å². The van der Waals surface area contributed by atoms with Gasteiger partial charge in [0, 0.05) is 12.3 Å². The molecule has 2 heterocycles. The largest absolute Gasteiger partial charge is 0.481 e. The summed E-state index contributed by atoms with van der Waals surface area (Å²) in [6, 6.07) is 7.93. The lowest BCUT2D eigenvalue weighted by atomic mass is 9.75. The van der Waals surface area contributed by atoms with Crippen LogP contribution < -0.4 is 0 Å². The maximum atomic E-state index is 11.6. The van der Waals surface area contributed by atoms with Crippen LogP contribution in [0.25, 0.3) is 0 Å². The van der Waals surface area contributed by atoms with Gasteiger partial charge in [0.05, 0.1) is 25.2 Å². The number of hydrogen-bond acceptors (Lipinski definition) is 4. The Morgan fingerprint density at radius 3 is 2.61 bits per heavy atom. The van der Waals surface area contributed by atoms with E-state index in [1.54, 1.807) is 0 Å². The molecule has 0 amide bonds. The summed E-state index contributed by atoms with van der Waals surface area (Å²) in [5.74, 6) is -1.38. The number of aryl methyl sites for hydroxylation is 1. The highest BCUT2D eigenvalue weighted by Gasteiger charge is 2.52. The first-order chi connectivity index (χ1) is 11.1. The number of methoxy groups -OCH3 is 1. The van der Waals surface area contributed by atoms with Crippen molar-refractivity contribution in [3.05, 3.63) is 35.4 Å².